The normalized spacial score (nSPS) is 30.6. The van der Waals surface area contributed by atoms with Crippen LogP contribution in [0.5, 0.6) is 11.5 Å². The van der Waals surface area contributed by atoms with Crippen molar-refractivity contribution in [3.63, 3.8) is 0 Å². The Hall–Kier alpha value is -4.95. The number of aromatic hydroxyl groups is 1. The number of allylic oxidation sites excluding steroid dienone is 1. The van der Waals surface area contributed by atoms with Crippen LogP contribution in [0.3, 0.4) is 0 Å². The lowest BCUT2D eigenvalue weighted by atomic mass is 9.53. The first-order valence-electron chi connectivity index (χ1n) is 21.4. The number of hydrogen-bond donors (Lipinski definition) is 5. The van der Waals surface area contributed by atoms with Gasteiger partial charge in [-0.25, -0.2) is 4.79 Å². The fraction of sp³-hybridized carbons (Fsp3) is 0.490. The second-order valence-electron chi connectivity index (χ2n) is 17.5. The number of aryl methyl sites for hydroxylation is 1. The first kappa shape index (κ1) is 40.8. The monoisotopic (exact) mass is 801 g/mol. The van der Waals surface area contributed by atoms with Crippen LogP contribution in [0, 0.1) is 35.5 Å². The van der Waals surface area contributed by atoms with Gasteiger partial charge in [0.15, 0.2) is 0 Å². The van der Waals surface area contributed by atoms with E-state index in [0.29, 0.717) is 72.9 Å². The minimum Gasteiger partial charge on any atom is -0.508 e. The predicted molar refractivity (Wildman–Crippen MR) is 222 cm³/mol. The van der Waals surface area contributed by atoms with Crippen LogP contribution in [0.2, 0.25) is 0 Å². The van der Waals surface area contributed by atoms with Gasteiger partial charge in [0.25, 0.3) is 0 Å². The summed E-state index contributed by atoms with van der Waals surface area (Å²) in [6.45, 7) is 3.75. The van der Waals surface area contributed by atoms with Gasteiger partial charge in [-0.05, 0) is 116 Å². The van der Waals surface area contributed by atoms with Crippen LogP contribution in [0.25, 0.3) is 0 Å². The number of Topliss-reactive ketones (excluding diaryl/α,β-unsaturated/α-hetero) is 1. The molecule has 10 nitrogen and oxygen atoms in total. The van der Waals surface area contributed by atoms with Crippen molar-refractivity contribution in [1.29, 1.82) is 0 Å². The Morgan fingerprint density at radius 1 is 0.932 bits per heavy atom. The molecule has 5 N–H and O–H groups in total. The smallest absolute Gasteiger partial charge is 0.334 e. The van der Waals surface area contributed by atoms with E-state index in [9.17, 15) is 30.0 Å². The lowest BCUT2D eigenvalue weighted by molar-refractivity contribution is -0.212. The molecule has 0 unspecified atom stereocenters. The zero-order valence-electron chi connectivity index (χ0n) is 33.9. The minimum absolute atomic E-state index is 0.00210. The first-order chi connectivity index (χ1) is 28.4. The number of phenolic OH excluding ortho intramolecular Hbond substituents is 1. The van der Waals surface area contributed by atoms with Crippen LogP contribution in [0.1, 0.15) is 110 Å². The van der Waals surface area contributed by atoms with E-state index in [4.69, 9.17) is 9.47 Å². The highest BCUT2D eigenvalue weighted by molar-refractivity contribution is 5.89. The summed E-state index contributed by atoms with van der Waals surface area (Å²) in [5.41, 5.74) is 4.12. The number of nitrogens with one attached hydrogen (secondary N) is 1. The van der Waals surface area contributed by atoms with E-state index in [2.05, 4.69) is 35.4 Å². The molecule has 5 aliphatic rings. The number of aliphatic hydroxyl groups is 3. The van der Waals surface area contributed by atoms with Gasteiger partial charge in [-0.15, -0.1) is 0 Å². The van der Waals surface area contributed by atoms with Crippen molar-refractivity contribution >= 4 is 23.4 Å². The van der Waals surface area contributed by atoms with Crippen LogP contribution >= 0.6 is 0 Å². The molecule has 10 bridgehead atoms. The average molecular weight is 802 g/mol. The van der Waals surface area contributed by atoms with Crippen molar-refractivity contribution in [2.45, 2.75) is 121 Å². The number of carbonyl (C=O) groups is 3. The standard InChI is InChI=1S/C49H55NO9/c1-3-37-12-13-39-41-19-30-8-4-6-29(16-30)7-5-9-34-20-32(35-17-31(27-51)18-38(21-35)50-26-28(2)52)10-11-33-24-47(55)58-45-25-44(54)36(22-40(33)45)23-46(59-48(34)56)49(37,57)42(39)14-15-43(41)53/h4,6,8-9,16-18,21-22,25,28,32-33,37,39,41-42,46,50-52,54,57H,3,5,7,12-15,19-20,23-24,26-27H2,1-2H3/b34-9-/t28-,32+,33+,37-,39-,41-,42+,46+,49-/m0/s1. The maximum Gasteiger partial charge on any atom is 0.334 e. The Kier molecular flexibility index (Phi) is 11.7. The molecule has 3 aromatic rings. The number of aliphatic hydroxyl groups excluding tert-OH is 2. The van der Waals surface area contributed by atoms with Crippen molar-refractivity contribution in [1.82, 2.24) is 0 Å². The number of ketones is 1. The van der Waals surface area contributed by atoms with Crippen molar-refractivity contribution in [3.8, 4) is 23.3 Å². The van der Waals surface area contributed by atoms with Gasteiger partial charge < -0.3 is 35.2 Å². The topological polar surface area (TPSA) is 163 Å². The molecule has 3 aliphatic heterocycles. The fourth-order valence-electron chi connectivity index (χ4n) is 10.7. The Bertz CT molecular complexity index is 2220. The third-order valence-electron chi connectivity index (χ3n) is 13.7. The molecule has 0 saturated heterocycles. The number of rotatable bonds is 6. The highest BCUT2D eigenvalue weighted by atomic mass is 16.6. The molecule has 0 radical (unpaired) electrons. The molecule has 2 aliphatic carbocycles. The summed E-state index contributed by atoms with van der Waals surface area (Å²) in [6.07, 6.45) is 4.91. The number of fused-ring (bicyclic) bond motifs is 7. The molecule has 3 heterocycles. The van der Waals surface area contributed by atoms with Crippen LogP contribution in [-0.2, 0) is 45.0 Å². The van der Waals surface area contributed by atoms with E-state index < -0.39 is 41.6 Å². The summed E-state index contributed by atoms with van der Waals surface area (Å²) < 4.78 is 12.3. The number of esters is 2. The summed E-state index contributed by atoms with van der Waals surface area (Å²) >= 11 is 0. The van der Waals surface area contributed by atoms with Gasteiger partial charge >= 0.3 is 11.9 Å². The molecule has 8 rings (SSSR count). The molecule has 0 aromatic heterocycles. The Morgan fingerprint density at radius 2 is 1.75 bits per heavy atom. The molecular weight excluding hydrogens is 747 g/mol. The van der Waals surface area contributed by atoms with Gasteiger partial charge in [0, 0.05) is 54.1 Å². The summed E-state index contributed by atoms with van der Waals surface area (Å²) in [5, 5.41) is 48.7. The average Bonchev–Trinajstić information content (AvgIpc) is 3.22. The van der Waals surface area contributed by atoms with E-state index >= 15 is 4.79 Å². The second-order valence-corrected chi connectivity index (χ2v) is 17.5. The maximum absolute atomic E-state index is 15.0. The highest BCUT2D eigenvalue weighted by Gasteiger charge is 2.59. The molecule has 3 aromatic carbocycles. The fourth-order valence-corrected chi connectivity index (χ4v) is 10.7. The largest absolute Gasteiger partial charge is 0.508 e. The lowest BCUT2D eigenvalue weighted by Gasteiger charge is -2.56. The number of hydrogen-bond acceptors (Lipinski definition) is 10. The van der Waals surface area contributed by atoms with Gasteiger partial charge in [-0.2, -0.15) is 0 Å². The summed E-state index contributed by atoms with van der Waals surface area (Å²) in [4.78, 5) is 41.8. The molecule has 59 heavy (non-hydrogen) atoms. The number of anilines is 1. The Labute approximate surface area is 346 Å². The van der Waals surface area contributed by atoms with Crippen molar-refractivity contribution in [2.24, 2.45) is 23.7 Å². The molecule has 2 fully saturated rings. The van der Waals surface area contributed by atoms with Crippen molar-refractivity contribution in [3.05, 3.63) is 99.6 Å². The molecule has 0 amide bonds. The number of carbonyl (C=O) groups excluding carboxylic acids is 3. The van der Waals surface area contributed by atoms with Crippen LogP contribution in [-0.4, -0.2) is 62.5 Å². The number of ether oxygens (including phenoxy) is 2. The van der Waals surface area contributed by atoms with Gasteiger partial charge in [0.05, 0.1) is 25.0 Å². The summed E-state index contributed by atoms with van der Waals surface area (Å²) in [6, 6.07) is 17.1. The quantitative estimate of drug-likeness (QED) is 0.104. The van der Waals surface area contributed by atoms with E-state index in [-0.39, 0.29) is 73.4 Å². The van der Waals surface area contributed by atoms with E-state index in [1.54, 1.807) is 13.0 Å². The van der Waals surface area contributed by atoms with Gasteiger partial charge in [0.1, 0.15) is 29.0 Å². The summed E-state index contributed by atoms with van der Waals surface area (Å²) in [7, 11) is 0. The Balaban J connectivity index is 1.32. The predicted octanol–water partition coefficient (Wildman–Crippen LogP) is 6.59. The molecule has 9 atom stereocenters. The Morgan fingerprint density at radius 3 is 2.54 bits per heavy atom. The number of phenols is 1. The number of benzene rings is 3. The van der Waals surface area contributed by atoms with Crippen LogP contribution in [0.15, 0.2) is 66.2 Å². The first-order valence-corrected chi connectivity index (χ1v) is 21.4. The van der Waals surface area contributed by atoms with Crippen LogP contribution < -0.4 is 10.1 Å². The highest BCUT2D eigenvalue weighted by Crippen LogP contribution is 2.54. The van der Waals surface area contributed by atoms with Crippen molar-refractivity contribution < 1.29 is 44.3 Å². The zero-order valence-corrected chi connectivity index (χ0v) is 33.9. The van der Waals surface area contributed by atoms with E-state index in [1.807, 2.05) is 37.3 Å². The molecule has 10 heteroatoms. The van der Waals surface area contributed by atoms with Gasteiger partial charge in [-0.3, -0.25) is 9.59 Å². The van der Waals surface area contributed by atoms with Gasteiger partial charge in [0.2, 0.25) is 0 Å². The van der Waals surface area contributed by atoms with Crippen molar-refractivity contribution in [2.75, 3.05) is 11.9 Å². The third-order valence-corrected chi connectivity index (χ3v) is 13.7. The zero-order chi connectivity index (χ0) is 41.4. The SMILES string of the molecule is CC[C@H]1CC[C@H]2[C@@H]3Cc4cccc(c4)CC/C=C4/C[C@H](c5cc(CO)cc(NC[C@H](C)O)c5)C#C[C@@H]5CC(=O)Oc6cc(O)c(cc65)C[C@@H](OC4=O)[C@@]1(O)[C@@H]2CCC3=O. The molecule has 2 saturated carbocycles. The van der Waals surface area contributed by atoms with E-state index in [0.717, 1.165) is 23.1 Å². The summed E-state index contributed by atoms with van der Waals surface area (Å²) in [5.74, 6) is 3.84. The van der Waals surface area contributed by atoms with E-state index in [1.165, 1.54) is 6.07 Å². The van der Waals surface area contributed by atoms with Crippen LogP contribution in [0.4, 0.5) is 5.69 Å². The molecule has 0 spiro atoms. The lowest BCUT2D eigenvalue weighted by Crippen LogP contribution is -2.63. The molecular formula is C49H55NO9. The minimum atomic E-state index is -1.52. The van der Waals surface area contributed by atoms with Gasteiger partial charge in [-0.1, -0.05) is 61.6 Å². The molecule has 310 valence electrons. The third kappa shape index (κ3) is 8.30. The maximum atomic E-state index is 15.0. The second kappa shape index (κ2) is 17.0.